The fourth-order valence-corrected chi connectivity index (χ4v) is 3.20. The standard InChI is InChI=1S/C22H14N2O2/c25-19-12-11-16(17-4-3-13-23-21(17)19)14-7-9-15(10-8-14)22-24-18-5-1-2-6-20(18)26-22/h1-13,25H. The van der Waals surface area contributed by atoms with Gasteiger partial charge >= 0.3 is 0 Å². The molecule has 4 heteroatoms. The van der Waals surface area contributed by atoms with Crippen molar-refractivity contribution in [3.63, 3.8) is 0 Å². The minimum Gasteiger partial charge on any atom is -0.506 e. The lowest BCUT2D eigenvalue weighted by molar-refractivity contribution is 0.480. The number of para-hydroxylation sites is 2. The van der Waals surface area contributed by atoms with Crippen LogP contribution in [0.2, 0.25) is 0 Å². The van der Waals surface area contributed by atoms with Crippen LogP contribution in [0.25, 0.3) is 44.6 Å². The number of fused-ring (bicyclic) bond motifs is 2. The number of phenolic OH excluding ortho intramolecular Hbond substituents is 1. The van der Waals surface area contributed by atoms with Gasteiger partial charge in [-0.25, -0.2) is 4.98 Å². The molecule has 0 radical (unpaired) electrons. The zero-order chi connectivity index (χ0) is 17.5. The van der Waals surface area contributed by atoms with Crippen molar-refractivity contribution in [2.24, 2.45) is 0 Å². The molecule has 2 heterocycles. The maximum atomic E-state index is 10.0. The van der Waals surface area contributed by atoms with Gasteiger partial charge in [-0.1, -0.05) is 30.3 Å². The molecule has 4 nitrogen and oxygen atoms in total. The Bertz CT molecular complexity index is 1210. The molecule has 0 aliphatic rings. The van der Waals surface area contributed by atoms with E-state index in [1.54, 1.807) is 12.3 Å². The molecule has 3 aromatic carbocycles. The number of aromatic hydroxyl groups is 1. The van der Waals surface area contributed by atoms with E-state index >= 15 is 0 Å². The fraction of sp³-hybridized carbons (Fsp3) is 0. The van der Waals surface area contributed by atoms with Gasteiger partial charge in [-0.2, -0.15) is 0 Å². The van der Waals surface area contributed by atoms with E-state index in [1.165, 1.54) is 0 Å². The topological polar surface area (TPSA) is 59.2 Å². The normalized spacial score (nSPS) is 11.2. The predicted molar refractivity (Wildman–Crippen MR) is 102 cm³/mol. The van der Waals surface area contributed by atoms with Gasteiger partial charge in [0.05, 0.1) is 0 Å². The fourth-order valence-electron chi connectivity index (χ4n) is 3.20. The number of rotatable bonds is 2. The summed E-state index contributed by atoms with van der Waals surface area (Å²) < 4.78 is 5.83. The van der Waals surface area contributed by atoms with Crippen molar-refractivity contribution in [2.45, 2.75) is 0 Å². The first-order valence-electron chi connectivity index (χ1n) is 8.33. The van der Waals surface area contributed by atoms with Gasteiger partial charge in [0.25, 0.3) is 0 Å². The molecule has 0 bridgehead atoms. The summed E-state index contributed by atoms with van der Waals surface area (Å²) in [6, 6.07) is 23.2. The van der Waals surface area contributed by atoms with Gasteiger partial charge in [0.15, 0.2) is 5.58 Å². The Balaban J connectivity index is 1.59. The summed E-state index contributed by atoms with van der Waals surface area (Å²) in [5.41, 5.74) is 5.22. The number of hydrogen-bond donors (Lipinski definition) is 1. The highest BCUT2D eigenvalue weighted by Gasteiger charge is 2.10. The van der Waals surface area contributed by atoms with Crippen molar-refractivity contribution in [1.82, 2.24) is 9.97 Å². The van der Waals surface area contributed by atoms with Gasteiger partial charge in [-0.3, -0.25) is 4.98 Å². The summed E-state index contributed by atoms with van der Waals surface area (Å²) in [5, 5.41) is 10.9. The molecule has 124 valence electrons. The molecule has 0 saturated heterocycles. The Kier molecular flexibility index (Phi) is 3.22. The van der Waals surface area contributed by atoms with Crippen molar-refractivity contribution in [1.29, 1.82) is 0 Å². The molecule has 0 atom stereocenters. The largest absolute Gasteiger partial charge is 0.506 e. The van der Waals surface area contributed by atoms with Crippen molar-refractivity contribution in [2.75, 3.05) is 0 Å². The van der Waals surface area contributed by atoms with Gasteiger partial charge in [-0.05, 0) is 53.6 Å². The second kappa shape index (κ2) is 5.70. The Morgan fingerprint density at radius 2 is 1.58 bits per heavy atom. The van der Waals surface area contributed by atoms with Gasteiger partial charge in [0.2, 0.25) is 5.89 Å². The number of benzene rings is 3. The average molecular weight is 338 g/mol. The van der Waals surface area contributed by atoms with E-state index in [2.05, 4.69) is 9.97 Å². The zero-order valence-corrected chi connectivity index (χ0v) is 13.8. The highest BCUT2D eigenvalue weighted by molar-refractivity contribution is 5.97. The van der Waals surface area contributed by atoms with Crippen LogP contribution < -0.4 is 0 Å². The molecule has 0 aliphatic carbocycles. The average Bonchev–Trinajstić information content (AvgIpc) is 3.13. The van der Waals surface area contributed by atoms with Crippen molar-refractivity contribution >= 4 is 22.0 Å². The molecule has 5 aromatic rings. The summed E-state index contributed by atoms with van der Waals surface area (Å²) in [5.74, 6) is 0.794. The number of aromatic nitrogens is 2. The smallest absolute Gasteiger partial charge is 0.227 e. The lowest BCUT2D eigenvalue weighted by Gasteiger charge is -2.08. The predicted octanol–water partition coefficient (Wildman–Crippen LogP) is 5.42. The number of nitrogens with zero attached hydrogens (tertiary/aromatic N) is 2. The van der Waals surface area contributed by atoms with Crippen LogP contribution in [0.4, 0.5) is 0 Å². The molecule has 0 unspecified atom stereocenters. The number of phenols is 1. The molecule has 0 saturated carbocycles. The first-order chi connectivity index (χ1) is 12.8. The van der Waals surface area contributed by atoms with Crippen LogP contribution in [0.3, 0.4) is 0 Å². The summed E-state index contributed by atoms with van der Waals surface area (Å²) in [7, 11) is 0. The van der Waals surface area contributed by atoms with Crippen LogP contribution in [0, 0.1) is 0 Å². The first-order valence-corrected chi connectivity index (χ1v) is 8.33. The minimum atomic E-state index is 0.187. The van der Waals surface area contributed by atoms with Crippen LogP contribution in [-0.2, 0) is 0 Å². The molecule has 0 fully saturated rings. The maximum Gasteiger partial charge on any atom is 0.227 e. The summed E-state index contributed by atoms with van der Waals surface area (Å²) in [6.45, 7) is 0. The summed E-state index contributed by atoms with van der Waals surface area (Å²) >= 11 is 0. The Morgan fingerprint density at radius 3 is 2.42 bits per heavy atom. The lowest BCUT2D eigenvalue weighted by Crippen LogP contribution is -1.85. The van der Waals surface area contributed by atoms with Gasteiger partial charge in [-0.15, -0.1) is 0 Å². The Morgan fingerprint density at radius 1 is 0.769 bits per heavy atom. The van der Waals surface area contributed by atoms with E-state index in [0.717, 1.165) is 33.2 Å². The molecule has 2 aromatic heterocycles. The van der Waals surface area contributed by atoms with Crippen molar-refractivity contribution in [3.8, 4) is 28.3 Å². The van der Waals surface area contributed by atoms with Crippen LogP contribution in [0.1, 0.15) is 0 Å². The number of pyridine rings is 1. The lowest BCUT2D eigenvalue weighted by atomic mass is 9.99. The second-order valence-electron chi connectivity index (χ2n) is 6.10. The first kappa shape index (κ1) is 14.7. The zero-order valence-electron chi connectivity index (χ0n) is 13.8. The summed E-state index contributed by atoms with van der Waals surface area (Å²) in [6.07, 6.45) is 1.68. The van der Waals surface area contributed by atoms with Crippen molar-refractivity contribution in [3.05, 3.63) is 79.0 Å². The SMILES string of the molecule is Oc1ccc(-c2ccc(-c3nc4ccccc4o3)cc2)c2cccnc12. The van der Waals surface area contributed by atoms with Crippen molar-refractivity contribution < 1.29 is 9.52 Å². The molecule has 0 amide bonds. The van der Waals surface area contributed by atoms with E-state index in [-0.39, 0.29) is 5.75 Å². The number of hydrogen-bond acceptors (Lipinski definition) is 4. The molecule has 26 heavy (non-hydrogen) atoms. The van der Waals surface area contributed by atoms with E-state index in [9.17, 15) is 5.11 Å². The van der Waals surface area contributed by atoms with Gasteiger partial charge in [0, 0.05) is 17.1 Å². The van der Waals surface area contributed by atoms with Crippen LogP contribution in [-0.4, -0.2) is 15.1 Å². The Hall–Kier alpha value is -3.66. The Labute approximate surface area is 149 Å². The molecule has 5 rings (SSSR count). The minimum absolute atomic E-state index is 0.187. The van der Waals surface area contributed by atoms with Gasteiger partial charge in [0.1, 0.15) is 16.8 Å². The number of oxazole rings is 1. The third-order valence-corrected chi connectivity index (χ3v) is 4.49. The highest BCUT2D eigenvalue weighted by atomic mass is 16.3. The monoisotopic (exact) mass is 338 g/mol. The van der Waals surface area contributed by atoms with E-state index < -0.39 is 0 Å². The van der Waals surface area contributed by atoms with Crippen LogP contribution in [0.15, 0.2) is 83.4 Å². The third-order valence-electron chi connectivity index (χ3n) is 4.49. The van der Waals surface area contributed by atoms with E-state index in [0.29, 0.717) is 11.4 Å². The summed E-state index contributed by atoms with van der Waals surface area (Å²) in [4.78, 5) is 8.82. The highest BCUT2D eigenvalue weighted by Crippen LogP contribution is 2.33. The van der Waals surface area contributed by atoms with Crippen LogP contribution >= 0.6 is 0 Å². The third kappa shape index (κ3) is 2.31. The molecular weight excluding hydrogens is 324 g/mol. The molecule has 0 aliphatic heterocycles. The van der Waals surface area contributed by atoms with Gasteiger partial charge < -0.3 is 9.52 Å². The molecule has 0 spiro atoms. The maximum absolute atomic E-state index is 10.0. The van der Waals surface area contributed by atoms with E-state index in [4.69, 9.17) is 4.42 Å². The van der Waals surface area contributed by atoms with E-state index in [1.807, 2.05) is 66.7 Å². The molecular formula is C22H14N2O2. The quantitative estimate of drug-likeness (QED) is 0.467. The van der Waals surface area contributed by atoms with Crippen LogP contribution in [0.5, 0.6) is 5.75 Å². The second-order valence-corrected chi connectivity index (χ2v) is 6.10. The molecule has 1 N–H and O–H groups in total.